The van der Waals surface area contributed by atoms with Gasteiger partial charge in [-0.3, -0.25) is 19.3 Å². The minimum atomic E-state index is -2.53. The van der Waals surface area contributed by atoms with Crippen LogP contribution < -0.4 is 0 Å². The molecule has 2 fully saturated rings. The van der Waals surface area contributed by atoms with Gasteiger partial charge in [-0.2, -0.15) is 0 Å². The summed E-state index contributed by atoms with van der Waals surface area (Å²) in [5, 5.41) is 33.7. The Bertz CT molecular complexity index is 1430. The van der Waals surface area contributed by atoms with Crippen LogP contribution >= 0.6 is 0 Å². The second-order valence-electron chi connectivity index (χ2n) is 16.1. The van der Waals surface area contributed by atoms with E-state index in [0.717, 1.165) is 10.5 Å². The fourth-order valence-electron chi connectivity index (χ4n) is 8.56. The molecule has 0 aromatic rings. The summed E-state index contributed by atoms with van der Waals surface area (Å²) >= 11 is 0. The third-order valence-corrected chi connectivity index (χ3v) is 11.9. The van der Waals surface area contributed by atoms with Crippen LogP contribution in [-0.2, 0) is 42.9 Å². The third kappa shape index (κ3) is 10.3. The van der Waals surface area contributed by atoms with Crippen molar-refractivity contribution in [3.8, 4) is 0 Å². The first-order chi connectivity index (χ1) is 25.5. The first kappa shape index (κ1) is 43.9. The molecule has 0 aromatic heterocycles. The van der Waals surface area contributed by atoms with E-state index < -0.39 is 77.9 Å². The molecule has 1 saturated heterocycles. The number of methoxy groups -OCH3 is 3. The molecule has 13 heteroatoms. The number of allylic oxidation sites excluding steroid dienone is 4. The molecule has 4 aliphatic rings. The zero-order valence-corrected chi connectivity index (χ0v) is 33.3. The zero-order valence-electron chi connectivity index (χ0n) is 33.3. The standard InChI is InChI=1S/C41H63NO12/c1-23-12-14-29(43)22-32(45)27(5)36(25(3)19-28-13-15-31(44)33(21-28)50-6)53-40(48)30-11-9-10-16-42(30)39(47)38(46)41(49)26(4)20-35(52-8)37(54-41)34(51-7)18-24(2)17-23/h10,12,16,19,24,26-28,30-37,44-45,49H,9,11,13-15,17-18,20-22H2,1-8H3. The van der Waals surface area contributed by atoms with Crippen molar-refractivity contribution in [2.75, 3.05) is 21.3 Å². The number of carbonyl (C=O) groups is 4. The Hall–Kier alpha value is -2.78. The number of Topliss-reactive ketones (excluding diaryl/α,β-unsaturated/α-hetero) is 2. The van der Waals surface area contributed by atoms with Crippen molar-refractivity contribution < 1.29 is 58.2 Å². The topological polar surface area (TPSA) is 178 Å². The predicted molar refractivity (Wildman–Crippen MR) is 199 cm³/mol. The van der Waals surface area contributed by atoms with Crippen molar-refractivity contribution in [1.29, 1.82) is 0 Å². The maximum atomic E-state index is 14.1. The van der Waals surface area contributed by atoms with Crippen LogP contribution in [0.2, 0.25) is 0 Å². The van der Waals surface area contributed by atoms with E-state index in [4.69, 9.17) is 23.7 Å². The minimum Gasteiger partial charge on any atom is -0.456 e. The Balaban J connectivity index is 1.73. The molecule has 4 rings (SSSR count). The average Bonchev–Trinajstić information content (AvgIpc) is 3.15. The molecule has 2 bridgehead atoms. The Morgan fingerprint density at radius 1 is 0.907 bits per heavy atom. The Morgan fingerprint density at radius 3 is 2.24 bits per heavy atom. The van der Waals surface area contributed by atoms with Gasteiger partial charge in [0.1, 0.15) is 24.0 Å². The summed E-state index contributed by atoms with van der Waals surface area (Å²) in [6.45, 7) is 9.09. The SMILES string of the molecule is COC1CC(C=C(C)C2OC(=O)C3CCC=CN3C(=O)C(=O)C3(O)OC(C(OC)CC(C)CC(C)=CCC(=O)CC(O)C2C)C(OC)CC3C)CCC1O. The predicted octanol–water partition coefficient (Wildman–Crippen LogP) is 3.96. The number of aliphatic hydroxyl groups is 3. The summed E-state index contributed by atoms with van der Waals surface area (Å²) in [5.41, 5.74) is 1.62. The van der Waals surface area contributed by atoms with E-state index in [1.807, 2.05) is 26.0 Å². The second-order valence-corrected chi connectivity index (χ2v) is 16.1. The van der Waals surface area contributed by atoms with Crippen LogP contribution in [0.3, 0.4) is 0 Å². The minimum absolute atomic E-state index is 0.00514. The smallest absolute Gasteiger partial charge is 0.329 e. The van der Waals surface area contributed by atoms with Crippen molar-refractivity contribution in [1.82, 2.24) is 4.90 Å². The lowest BCUT2D eigenvalue weighted by atomic mass is 9.82. The molecular formula is C41H63NO12. The highest BCUT2D eigenvalue weighted by molar-refractivity contribution is 6.39. The molecule has 0 radical (unpaired) electrons. The van der Waals surface area contributed by atoms with Gasteiger partial charge in [0, 0.05) is 52.2 Å². The fraction of sp³-hybridized carbons (Fsp3) is 0.756. The molecule has 54 heavy (non-hydrogen) atoms. The van der Waals surface area contributed by atoms with Crippen LogP contribution in [0.4, 0.5) is 0 Å². The number of ether oxygens (including phenoxy) is 5. The van der Waals surface area contributed by atoms with Gasteiger partial charge >= 0.3 is 11.9 Å². The van der Waals surface area contributed by atoms with Crippen LogP contribution in [0.15, 0.2) is 35.6 Å². The summed E-state index contributed by atoms with van der Waals surface area (Å²) in [5.74, 6) is -7.36. The van der Waals surface area contributed by atoms with E-state index in [2.05, 4.69) is 0 Å². The zero-order chi connectivity index (χ0) is 39.9. The largest absolute Gasteiger partial charge is 0.456 e. The van der Waals surface area contributed by atoms with E-state index in [9.17, 15) is 34.5 Å². The second kappa shape index (κ2) is 19.4. The molecule has 1 saturated carbocycles. The lowest BCUT2D eigenvalue weighted by Gasteiger charge is -2.46. The molecule has 1 aliphatic carbocycles. The van der Waals surface area contributed by atoms with E-state index in [1.165, 1.54) is 20.4 Å². The van der Waals surface area contributed by atoms with E-state index in [1.54, 1.807) is 34.0 Å². The number of amides is 1. The number of ketones is 2. The Morgan fingerprint density at radius 2 is 1.57 bits per heavy atom. The number of aliphatic hydroxyl groups excluding tert-OH is 2. The van der Waals surface area contributed by atoms with E-state index >= 15 is 0 Å². The van der Waals surface area contributed by atoms with Crippen LogP contribution in [0.5, 0.6) is 0 Å². The summed E-state index contributed by atoms with van der Waals surface area (Å²) < 4.78 is 29.5. The molecule has 13 nitrogen and oxygen atoms in total. The number of hydrogen-bond donors (Lipinski definition) is 3. The summed E-state index contributed by atoms with van der Waals surface area (Å²) in [6.07, 6.45) is 5.29. The van der Waals surface area contributed by atoms with Crippen molar-refractivity contribution in [2.45, 2.75) is 153 Å². The van der Waals surface area contributed by atoms with E-state index in [0.29, 0.717) is 44.1 Å². The number of rotatable bonds is 5. The Kier molecular flexibility index (Phi) is 15.8. The Labute approximate surface area is 320 Å². The maximum absolute atomic E-state index is 14.1. The summed E-state index contributed by atoms with van der Waals surface area (Å²) in [6, 6.07) is -1.21. The first-order valence-electron chi connectivity index (χ1n) is 19.5. The molecule has 304 valence electrons. The number of nitrogens with zero attached hydrogens (tertiary/aromatic N) is 1. The number of fused-ring (bicyclic) bond motifs is 3. The average molecular weight is 762 g/mol. The number of carbonyl (C=O) groups excluding carboxylic acids is 4. The van der Waals surface area contributed by atoms with Gasteiger partial charge < -0.3 is 39.0 Å². The molecule has 3 N–H and O–H groups in total. The van der Waals surface area contributed by atoms with Crippen molar-refractivity contribution >= 4 is 23.4 Å². The maximum Gasteiger partial charge on any atom is 0.329 e. The van der Waals surface area contributed by atoms with Gasteiger partial charge in [0.25, 0.3) is 5.78 Å². The highest BCUT2D eigenvalue weighted by Crippen LogP contribution is 2.39. The van der Waals surface area contributed by atoms with Gasteiger partial charge in [-0.15, -0.1) is 0 Å². The van der Waals surface area contributed by atoms with Gasteiger partial charge in [0.05, 0.1) is 30.5 Å². The molecular weight excluding hydrogens is 698 g/mol. The molecule has 13 atom stereocenters. The summed E-state index contributed by atoms with van der Waals surface area (Å²) in [7, 11) is 4.59. The van der Waals surface area contributed by atoms with Gasteiger partial charge in [0.15, 0.2) is 0 Å². The quantitative estimate of drug-likeness (QED) is 0.209. The van der Waals surface area contributed by atoms with Gasteiger partial charge in [0.2, 0.25) is 5.79 Å². The van der Waals surface area contributed by atoms with Gasteiger partial charge in [-0.1, -0.05) is 44.6 Å². The molecule has 0 spiro atoms. The first-order valence-corrected chi connectivity index (χ1v) is 19.5. The highest BCUT2D eigenvalue weighted by Gasteiger charge is 2.56. The molecule has 13 unspecified atom stereocenters. The monoisotopic (exact) mass is 761 g/mol. The lowest BCUT2D eigenvalue weighted by Crippen LogP contribution is -2.64. The molecule has 3 aliphatic heterocycles. The highest BCUT2D eigenvalue weighted by atomic mass is 16.7. The van der Waals surface area contributed by atoms with E-state index in [-0.39, 0.29) is 49.4 Å². The van der Waals surface area contributed by atoms with Crippen molar-refractivity contribution in [3.05, 3.63) is 35.6 Å². The van der Waals surface area contributed by atoms with Crippen LogP contribution in [0.1, 0.15) is 98.8 Å². The van der Waals surface area contributed by atoms with Crippen LogP contribution in [-0.4, -0.2) is 120 Å². The lowest BCUT2D eigenvalue weighted by molar-refractivity contribution is -0.302. The fourth-order valence-corrected chi connectivity index (χ4v) is 8.56. The number of esters is 1. The van der Waals surface area contributed by atoms with Crippen LogP contribution in [0.25, 0.3) is 0 Å². The number of cyclic esters (lactones) is 1. The molecule has 1 amide bonds. The molecule has 3 heterocycles. The normalized spacial score (nSPS) is 40.0. The van der Waals surface area contributed by atoms with Crippen molar-refractivity contribution in [2.24, 2.45) is 23.7 Å². The summed E-state index contributed by atoms with van der Waals surface area (Å²) in [4.78, 5) is 56.6. The van der Waals surface area contributed by atoms with Crippen LogP contribution in [0, 0.1) is 23.7 Å². The van der Waals surface area contributed by atoms with Crippen molar-refractivity contribution in [3.63, 3.8) is 0 Å². The molecule has 0 aromatic carbocycles. The third-order valence-electron chi connectivity index (χ3n) is 11.9. The number of hydrogen-bond acceptors (Lipinski definition) is 12. The van der Waals surface area contributed by atoms with Gasteiger partial charge in [-0.25, -0.2) is 4.79 Å². The van der Waals surface area contributed by atoms with Gasteiger partial charge in [-0.05, 0) is 82.6 Å².